The van der Waals surface area contributed by atoms with Gasteiger partial charge in [-0.15, -0.1) is 0 Å². The van der Waals surface area contributed by atoms with Gasteiger partial charge in [-0.25, -0.2) is 0 Å². The number of halogens is 1. The Labute approximate surface area is 112 Å². The lowest BCUT2D eigenvalue weighted by molar-refractivity contribution is 0.265. The summed E-state index contributed by atoms with van der Waals surface area (Å²) >= 11 is 6.05. The minimum Gasteiger partial charge on any atom is -0.484 e. The minimum absolute atomic E-state index is 0.382. The van der Waals surface area contributed by atoms with Crippen LogP contribution < -0.4 is 10.1 Å². The fraction of sp³-hybridized carbons (Fsp3) is 0.286. The van der Waals surface area contributed by atoms with Crippen molar-refractivity contribution in [3.05, 3.63) is 52.4 Å². The molecule has 1 heterocycles. The summed E-state index contributed by atoms with van der Waals surface area (Å²) in [7, 11) is 1.88. The molecule has 0 amide bonds. The van der Waals surface area contributed by atoms with E-state index in [4.69, 9.17) is 20.8 Å². The predicted octanol–water partition coefficient (Wildman–Crippen LogP) is 3.54. The molecule has 0 spiro atoms. The number of aryl methyl sites for hydroxylation is 1. The summed E-state index contributed by atoms with van der Waals surface area (Å²) < 4.78 is 11.2. The standard InChI is InChI=1S/C14H16ClNO2/c1-10-3-6-13(15)14(7-10)17-9-12-5-4-11(18-12)8-16-2/h3-7,16H,8-9H2,1-2H3. The molecule has 0 saturated carbocycles. The van der Waals surface area contributed by atoms with Gasteiger partial charge in [-0.1, -0.05) is 17.7 Å². The summed E-state index contributed by atoms with van der Waals surface area (Å²) in [5, 5.41) is 3.65. The topological polar surface area (TPSA) is 34.4 Å². The second-order valence-electron chi connectivity index (χ2n) is 4.12. The Morgan fingerprint density at radius 3 is 2.78 bits per heavy atom. The van der Waals surface area contributed by atoms with Crippen molar-refractivity contribution in [2.75, 3.05) is 7.05 Å². The van der Waals surface area contributed by atoms with E-state index in [9.17, 15) is 0 Å². The molecule has 0 radical (unpaired) electrons. The predicted molar refractivity (Wildman–Crippen MR) is 72.0 cm³/mol. The van der Waals surface area contributed by atoms with E-state index < -0.39 is 0 Å². The average Bonchev–Trinajstić information content (AvgIpc) is 2.79. The minimum atomic E-state index is 0.382. The van der Waals surface area contributed by atoms with Gasteiger partial charge in [-0.05, 0) is 43.8 Å². The maximum atomic E-state index is 6.05. The van der Waals surface area contributed by atoms with Crippen molar-refractivity contribution in [2.24, 2.45) is 0 Å². The number of nitrogens with one attached hydrogen (secondary N) is 1. The second kappa shape index (κ2) is 5.94. The van der Waals surface area contributed by atoms with Crippen LogP contribution in [-0.2, 0) is 13.2 Å². The maximum Gasteiger partial charge on any atom is 0.146 e. The van der Waals surface area contributed by atoms with Crippen molar-refractivity contribution in [2.45, 2.75) is 20.1 Å². The molecule has 0 atom stereocenters. The van der Waals surface area contributed by atoms with Gasteiger partial charge < -0.3 is 14.5 Å². The summed E-state index contributed by atoms with van der Waals surface area (Å²) in [6.45, 7) is 3.10. The number of furan rings is 1. The number of hydrogen-bond donors (Lipinski definition) is 1. The molecule has 2 rings (SSSR count). The van der Waals surface area contributed by atoms with E-state index in [1.165, 1.54) is 0 Å². The maximum absolute atomic E-state index is 6.05. The molecule has 0 bridgehead atoms. The molecular weight excluding hydrogens is 250 g/mol. The first kappa shape index (κ1) is 13.0. The largest absolute Gasteiger partial charge is 0.484 e. The third kappa shape index (κ3) is 3.28. The lowest BCUT2D eigenvalue weighted by Gasteiger charge is -2.07. The number of ether oxygens (including phenoxy) is 1. The van der Waals surface area contributed by atoms with Crippen LogP contribution in [0.25, 0.3) is 0 Å². The summed E-state index contributed by atoms with van der Waals surface area (Å²) in [6, 6.07) is 9.55. The van der Waals surface area contributed by atoms with Crippen molar-refractivity contribution >= 4 is 11.6 Å². The zero-order chi connectivity index (χ0) is 13.0. The highest BCUT2D eigenvalue weighted by atomic mass is 35.5. The van der Waals surface area contributed by atoms with Gasteiger partial charge in [-0.3, -0.25) is 0 Å². The average molecular weight is 266 g/mol. The highest BCUT2D eigenvalue weighted by Crippen LogP contribution is 2.26. The molecule has 4 heteroatoms. The first-order valence-corrected chi connectivity index (χ1v) is 6.18. The Balaban J connectivity index is 1.99. The molecular formula is C14H16ClNO2. The SMILES string of the molecule is CNCc1ccc(COc2cc(C)ccc2Cl)o1. The van der Waals surface area contributed by atoms with Crippen LogP contribution >= 0.6 is 11.6 Å². The van der Waals surface area contributed by atoms with Crippen LogP contribution in [0.1, 0.15) is 17.1 Å². The molecule has 18 heavy (non-hydrogen) atoms. The first-order valence-electron chi connectivity index (χ1n) is 5.80. The number of hydrogen-bond acceptors (Lipinski definition) is 3. The Morgan fingerprint density at radius 2 is 2.00 bits per heavy atom. The Bertz CT molecular complexity index is 522. The van der Waals surface area contributed by atoms with Gasteiger partial charge >= 0.3 is 0 Å². The molecule has 0 fully saturated rings. The summed E-state index contributed by atoms with van der Waals surface area (Å²) in [4.78, 5) is 0. The molecule has 0 aliphatic rings. The summed E-state index contributed by atoms with van der Waals surface area (Å²) in [5.74, 6) is 2.37. The first-order chi connectivity index (χ1) is 8.69. The van der Waals surface area contributed by atoms with E-state index in [2.05, 4.69) is 5.32 Å². The van der Waals surface area contributed by atoms with Gasteiger partial charge in [-0.2, -0.15) is 0 Å². The lowest BCUT2D eigenvalue weighted by atomic mass is 10.2. The Hall–Kier alpha value is -1.45. The molecule has 1 aromatic carbocycles. The Kier molecular flexibility index (Phi) is 4.28. The third-order valence-electron chi connectivity index (χ3n) is 2.52. The van der Waals surface area contributed by atoms with E-state index in [1.807, 2.05) is 44.3 Å². The fourth-order valence-corrected chi connectivity index (χ4v) is 1.81. The van der Waals surface area contributed by atoms with Crippen molar-refractivity contribution in [3.63, 3.8) is 0 Å². The van der Waals surface area contributed by atoms with Crippen molar-refractivity contribution < 1.29 is 9.15 Å². The molecule has 96 valence electrons. The lowest BCUT2D eigenvalue weighted by Crippen LogP contribution is -2.03. The summed E-state index contributed by atoms with van der Waals surface area (Å²) in [5.41, 5.74) is 1.12. The third-order valence-corrected chi connectivity index (χ3v) is 2.84. The molecule has 1 aromatic heterocycles. The molecule has 3 nitrogen and oxygen atoms in total. The van der Waals surface area contributed by atoms with Crippen molar-refractivity contribution in [3.8, 4) is 5.75 Å². The van der Waals surface area contributed by atoms with Crippen molar-refractivity contribution in [1.29, 1.82) is 0 Å². The van der Waals surface area contributed by atoms with Gasteiger partial charge in [0.05, 0.1) is 11.6 Å². The van der Waals surface area contributed by atoms with E-state index in [-0.39, 0.29) is 0 Å². The van der Waals surface area contributed by atoms with Gasteiger partial charge in [0, 0.05) is 0 Å². The van der Waals surface area contributed by atoms with Gasteiger partial charge in [0.1, 0.15) is 23.9 Å². The van der Waals surface area contributed by atoms with E-state index >= 15 is 0 Å². The van der Waals surface area contributed by atoms with E-state index in [0.717, 1.165) is 17.1 Å². The van der Waals surface area contributed by atoms with Crippen LogP contribution in [0, 0.1) is 6.92 Å². The smallest absolute Gasteiger partial charge is 0.146 e. The van der Waals surface area contributed by atoms with Crippen LogP contribution in [0.4, 0.5) is 0 Å². The van der Waals surface area contributed by atoms with Gasteiger partial charge in [0.15, 0.2) is 0 Å². The second-order valence-corrected chi connectivity index (χ2v) is 4.53. The van der Waals surface area contributed by atoms with Crippen LogP contribution in [0.3, 0.4) is 0 Å². The van der Waals surface area contributed by atoms with E-state index in [0.29, 0.717) is 23.9 Å². The van der Waals surface area contributed by atoms with Gasteiger partial charge in [0.2, 0.25) is 0 Å². The normalized spacial score (nSPS) is 10.6. The Morgan fingerprint density at radius 1 is 1.22 bits per heavy atom. The number of benzene rings is 1. The molecule has 2 aromatic rings. The van der Waals surface area contributed by atoms with Gasteiger partial charge in [0.25, 0.3) is 0 Å². The fourth-order valence-electron chi connectivity index (χ4n) is 1.64. The molecule has 0 aliphatic carbocycles. The van der Waals surface area contributed by atoms with E-state index in [1.54, 1.807) is 0 Å². The molecule has 1 N–H and O–H groups in total. The number of rotatable bonds is 5. The van der Waals surface area contributed by atoms with Crippen molar-refractivity contribution in [1.82, 2.24) is 5.32 Å². The van der Waals surface area contributed by atoms with Crippen LogP contribution in [-0.4, -0.2) is 7.05 Å². The monoisotopic (exact) mass is 265 g/mol. The molecule has 0 aliphatic heterocycles. The quantitative estimate of drug-likeness (QED) is 0.898. The zero-order valence-corrected chi connectivity index (χ0v) is 11.3. The summed E-state index contributed by atoms with van der Waals surface area (Å²) in [6.07, 6.45) is 0. The molecule has 0 saturated heterocycles. The highest BCUT2D eigenvalue weighted by molar-refractivity contribution is 6.32. The van der Waals surface area contributed by atoms with Crippen LogP contribution in [0.5, 0.6) is 5.75 Å². The van der Waals surface area contributed by atoms with Crippen LogP contribution in [0.2, 0.25) is 5.02 Å². The zero-order valence-electron chi connectivity index (χ0n) is 10.5. The van der Waals surface area contributed by atoms with Crippen LogP contribution in [0.15, 0.2) is 34.7 Å². The highest BCUT2D eigenvalue weighted by Gasteiger charge is 2.05. The molecule has 0 unspecified atom stereocenters.